The Morgan fingerprint density at radius 3 is 2.87 bits per heavy atom. The van der Waals surface area contributed by atoms with Crippen molar-refractivity contribution in [2.24, 2.45) is 5.92 Å². The van der Waals surface area contributed by atoms with Crippen LogP contribution in [0.5, 0.6) is 0 Å². The molecule has 0 aliphatic heterocycles. The van der Waals surface area contributed by atoms with Crippen LogP contribution in [0.3, 0.4) is 0 Å². The Bertz CT molecular complexity index is 425. The van der Waals surface area contributed by atoms with Gasteiger partial charge in [-0.3, -0.25) is 4.79 Å². The second kappa shape index (κ2) is 4.90. The van der Waals surface area contributed by atoms with E-state index in [-0.39, 0.29) is 22.8 Å². The highest BCUT2D eigenvalue weighted by Gasteiger charge is 2.18. The average Bonchev–Trinajstić information content (AvgIpc) is 2.17. The van der Waals surface area contributed by atoms with Gasteiger partial charge in [-0.05, 0) is 18.2 Å². The number of carbonyl (C=O) groups is 1. The van der Waals surface area contributed by atoms with Gasteiger partial charge in [0.15, 0.2) is 5.78 Å². The smallest absolute Gasteiger partial charge is 0.169 e. The number of halogens is 2. The molecule has 0 aliphatic carbocycles. The lowest BCUT2D eigenvalue weighted by Gasteiger charge is -2.07. The molecule has 0 aromatic heterocycles. The van der Waals surface area contributed by atoms with Crippen molar-refractivity contribution in [2.45, 2.75) is 13.3 Å². The number of carbonyl (C=O) groups excluding carboxylic acids is 1. The van der Waals surface area contributed by atoms with Crippen molar-refractivity contribution in [1.29, 1.82) is 5.26 Å². The van der Waals surface area contributed by atoms with Crippen molar-refractivity contribution in [3.8, 4) is 6.07 Å². The Morgan fingerprint density at radius 2 is 2.33 bits per heavy atom. The van der Waals surface area contributed by atoms with Crippen LogP contribution in [0.15, 0.2) is 18.2 Å². The fraction of sp³-hybridized carbons (Fsp3) is 0.273. The minimum Gasteiger partial charge on any atom is -0.294 e. The van der Waals surface area contributed by atoms with Crippen LogP contribution in [-0.4, -0.2) is 5.78 Å². The molecule has 1 rings (SSSR count). The Kier molecular flexibility index (Phi) is 3.81. The highest BCUT2D eigenvalue weighted by Crippen LogP contribution is 2.18. The minimum absolute atomic E-state index is 0.0119. The first-order valence-corrected chi connectivity index (χ1v) is 4.80. The average molecular weight is 226 g/mol. The topological polar surface area (TPSA) is 40.9 Å². The van der Waals surface area contributed by atoms with Gasteiger partial charge < -0.3 is 0 Å². The summed E-state index contributed by atoms with van der Waals surface area (Å²) in [6.45, 7) is 1.60. The van der Waals surface area contributed by atoms with Crippen molar-refractivity contribution in [1.82, 2.24) is 0 Å². The number of hydrogen-bond acceptors (Lipinski definition) is 2. The van der Waals surface area contributed by atoms with Gasteiger partial charge >= 0.3 is 0 Å². The lowest BCUT2D eigenvalue weighted by Crippen LogP contribution is -2.12. The lowest BCUT2D eigenvalue weighted by molar-refractivity contribution is 0.0928. The summed E-state index contributed by atoms with van der Waals surface area (Å²) in [5.74, 6) is -1.51. The van der Waals surface area contributed by atoms with Crippen LogP contribution in [0.2, 0.25) is 5.02 Å². The number of Topliss-reactive ketones (excluding diaryl/α,β-unsaturated/α-hetero) is 1. The number of benzene rings is 1. The molecule has 2 nitrogen and oxygen atoms in total. The molecule has 0 saturated heterocycles. The molecule has 1 aromatic carbocycles. The molecule has 0 spiro atoms. The summed E-state index contributed by atoms with van der Waals surface area (Å²) in [6.07, 6.45) is 0.0842. The van der Waals surface area contributed by atoms with E-state index in [1.165, 1.54) is 12.1 Å². The fourth-order valence-electron chi connectivity index (χ4n) is 1.18. The normalized spacial score (nSPS) is 11.9. The van der Waals surface area contributed by atoms with Crippen LogP contribution in [0.1, 0.15) is 23.7 Å². The zero-order valence-corrected chi connectivity index (χ0v) is 8.88. The molecular weight excluding hydrogens is 217 g/mol. The SMILES string of the molecule is CC(CC#N)C(=O)c1ccc(Cl)cc1F. The van der Waals surface area contributed by atoms with Gasteiger partial charge in [0.1, 0.15) is 5.82 Å². The van der Waals surface area contributed by atoms with E-state index in [4.69, 9.17) is 16.9 Å². The van der Waals surface area contributed by atoms with Crippen molar-refractivity contribution >= 4 is 17.4 Å². The molecular formula is C11H9ClFNO. The Morgan fingerprint density at radius 1 is 1.67 bits per heavy atom. The van der Waals surface area contributed by atoms with Gasteiger partial charge in [0, 0.05) is 17.4 Å². The maximum Gasteiger partial charge on any atom is 0.169 e. The van der Waals surface area contributed by atoms with Crippen LogP contribution in [-0.2, 0) is 0 Å². The van der Waals surface area contributed by atoms with E-state index in [2.05, 4.69) is 0 Å². The molecule has 1 unspecified atom stereocenters. The molecule has 0 amide bonds. The molecule has 0 bridgehead atoms. The third-order valence-electron chi connectivity index (χ3n) is 2.04. The predicted octanol–water partition coefficient (Wildman–Crippen LogP) is 3.21. The fourth-order valence-corrected chi connectivity index (χ4v) is 1.34. The number of ketones is 1. The summed E-state index contributed by atoms with van der Waals surface area (Å²) in [5.41, 5.74) is -0.0119. The molecule has 0 fully saturated rings. The van der Waals surface area contributed by atoms with Gasteiger partial charge in [-0.15, -0.1) is 0 Å². The molecule has 4 heteroatoms. The predicted molar refractivity (Wildman–Crippen MR) is 55.1 cm³/mol. The van der Waals surface area contributed by atoms with E-state index in [0.717, 1.165) is 6.07 Å². The molecule has 15 heavy (non-hydrogen) atoms. The van der Waals surface area contributed by atoms with Crippen LogP contribution in [0.25, 0.3) is 0 Å². The number of nitrogens with zero attached hydrogens (tertiary/aromatic N) is 1. The zero-order valence-electron chi connectivity index (χ0n) is 8.13. The molecule has 0 aliphatic rings. The molecule has 0 N–H and O–H groups in total. The summed E-state index contributed by atoms with van der Waals surface area (Å²) < 4.78 is 13.3. The van der Waals surface area contributed by atoms with E-state index in [9.17, 15) is 9.18 Å². The molecule has 1 atom stereocenters. The van der Waals surface area contributed by atoms with Crippen LogP contribution >= 0.6 is 11.6 Å². The summed E-state index contributed by atoms with van der Waals surface area (Å²) in [4.78, 5) is 11.6. The Labute approximate surface area is 92.3 Å². The van der Waals surface area contributed by atoms with Crippen molar-refractivity contribution in [3.05, 3.63) is 34.6 Å². The quantitative estimate of drug-likeness (QED) is 0.741. The number of hydrogen-bond donors (Lipinski definition) is 0. The van der Waals surface area contributed by atoms with Crippen LogP contribution in [0.4, 0.5) is 4.39 Å². The van der Waals surface area contributed by atoms with Crippen LogP contribution < -0.4 is 0 Å². The standard InChI is InChI=1S/C11H9ClFNO/c1-7(4-5-14)11(15)9-3-2-8(12)6-10(9)13/h2-3,6-7H,4H2,1H3. The molecule has 0 radical (unpaired) electrons. The van der Waals surface area contributed by atoms with Gasteiger partial charge in [-0.2, -0.15) is 5.26 Å². The van der Waals surface area contributed by atoms with E-state index < -0.39 is 11.7 Å². The van der Waals surface area contributed by atoms with Gasteiger partial charge in [-0.1, -0.05) is 18.5 Å². The number of nitriles is 1. The summed E-state index contributed by atoms with van der Waals surface area (Å²) in [7, 11) is 0. The maximum atomic E-state index is 13.3. The lowest BCUT2D eigenvalue weighted by atomic mass is 9.97. The van der Waals surface area contributed by atoms with Gasteiger partial charge in [-0.25, -0.2) is 4.39 Å². The molecule has 0 heterocycles. The van der Waals surface area contributed by atoms with Gasteiger partial charge in [0.05, 0.1) is 11.6 Å². The zero-order chi connectivity index (χ0) is 11.4. The van der Waals surface area contributed by atoms with E-state index >= 15 is 0 Å². The van der Waals surface area contributed by atoms with Crippen LogP contribution in [0, 0.1) is 23.1 Å². The third kappa shape index (κ3) is 2.77. The summed E-state index contributed by atoms with van der Waals surface area (Å²) in [5, 5.41) is 8.68. The van der Waals surface area contributed by atoms with Crippen molar-refractivity contribution in [3.63, 3.8) is 0 Å². The molecule has 1 aromatic rings. The molecule has 78 valence electrons. The van der Waals surface area contributed by atoms with Crippen molar-refractivity contribution < 1.29 is 9.18 Å². The summed E-state index contributed by atoms with van der Waals surface area (Å²) >= 11 is 5.56. The second-order valence-electron chi connectivity index (χ2n) is 3.25. The van der Waals surface area contributed by atoms with E-state index in [1.54, 1.807) is 6.92 Å². The maximum absolute atomic E-state index is 13.3. The van der Waals surface area contributed by atoms with E-state index in [0.29, 0.717) is 0 Å². The largest absolute Gasteiger partial charge is 0.294 e. The highest BCUT2D eigenvalue weighted by molar-refractivity contribution is 6.30. The second-order valence-corrected chi connectivity index (χ2v) is 3.69. The Hall–Kier alpha value is -1.40. The number of rotatable bonds is 3. The Balaban J connectivity index is 2.97. The summed E-state index contributed by atoms with van der Waals surface area (Å²) in [6, 6.07) is 5.77. The molecule has 0 saturated carbocycles. The highest BCUT2D eigenvalue weighted by atomic mass is 35.5. The first-order chi connectivity index (χ1) is 7.06. The first kappa shape index (κ1) is 11.7. The van der Waals surface area contributed by atoms with Gasteiger partial charge in [0.25, 0.3) is 0 Å². The monoisotopic (exact) mass is 225 g/mol. The third-order valence-corrected chi connectivity index (χ3v) is 2.28. The van der Waals surface area contributed by atoms with E-state index in [1.807, 2.05) is 6.07 Å². The minimum atomic E-state index is -0.641. The van der Waals surface area contributed by atoms with Crippen molar-refractivity contribution in [2.75, 3.05) is 0 Å². The first-order valence-electron chi connectivity index (χ1n) is 4.42. The van der Waals surface area contributed by atoms with Gasteiger partial charge in [0.2, 0.25) is 0 Å².